The Morgan fingerprint density at radius 2 is 1.72 bits per heavy atom. The van der Waals surface area contributed by atoms with Gasteiger partial charge in [0.05, 0.1) is 20.4 Å². The normalized spacial score (nSPS) is 14.9. The molecule has 3 aromatic rings. The Bertz CT molecular complexity index is 1280. The highest BCUT2D eigenvalue weighted by atomic mass is 35.5. The molecule has 0 unspecified atom stereocenters. The monoisotopic (exact) mass is 502 g/mol. The Balaban J connectivity index is 1.63. The van der Waals surface area contributed by atoms with Crippen LogP contribution in [-0.4, -0.2) is 16.1 Å². The van der Waals surface area contributed by atoms with Crippen molar-refractivity contribution in [2.24, 2.45) is 0 Å². The topological polar surface area (TPSA) is 80.5 Å². The molecule has 0 aliphatic carbocycles. The van der Waals surface area contributed by atoms with Crippen molar-refractivity contribution in [3.05, 3.63) is 97.4 Å². The molecule has 1 aliphatic rings. The molecule has 0 saturated carbocycles. The molecule has 0 aromatic heterocycles. The smallest absolute Gasteiger partial charge is 0.268 e. The number of hydrogen-bond acceptors (Lipinski definition) is 6. The van der Waals surface area contributed by atoms with E-state index >= 15 is 0 Å². The summed E-state index contributed by atoms with van der Waals surface area (Å²) in [5.74, 6) is -0.510. The van der Waals surface area contributed by atoms with Crippen molar-refractivity contribution >= 4 is 75.3 Å². The van der Waals surface area contributed by atoms with Crippen LogP contribution in [0.2, 0.25) is 10.0 Å². The number of thioether (sulfide) groups is 1. The minimum Gasteiger partial charge on any atom is -0.268 e. The van der Waals surface area contributed by atoms with Crippen LogP contribution in [0.3, 0.4) is 0 Å². The van der Waals surface area contributed by atoms with Crippen LogP contribution >= 0.6 is 46.7 Å². The first-order chi connectivity index (χ1) is 15.3. The third kappa shape index (κ3) is 4.83. The Morgan fingerprint density at radius 1 is 0.969 bits per heavy atom. The molecule has 0 N–H and O–H groups in total. The van der Waals surface area contributed by atoms with Crippen LogP contribution in [0.4, 0.5) is 16.2 Å². The van der Waals surface area contributed by atoms with E-state index in [4.69, 9.17) is 23.2 Å². The summed E-state index contributed by atoms with van der Waals surface area (Å²) in [5.41, 5.74) is 0.700. The van der Waals surface area contributed by atoms with Crippen LogP contribution in [0.1, 0.15) is 5.56 Å². The molecule has 3 aromatic carbocycles. The van der Waals surface area contributed by atoms with Gasteiger partial charge in [-0.3, -0.25) is 19.7 Å². The Kier molecular flexibility index (Phi) is 6.57. The number of benzene rings is 3. The molecule has 160 valence electrons. The van der Waals surface area contributed by atoms with E-state index in [0.717, 1.165) is 21.6 Å². The van der Waals surface area contributed by atoms with Gasteiger partial charge in [-0.05, 0) is 71.9 Å². The zero-order valence-corrected chi connectivity index (χ0v) is 19.2. The second-order valence-corrected chi connectivity index (χ2v) is 9.52. The Hall–Kier alpha value is -2.78. The number of imide groups is 1. The summed E-state index contributed by atoms with van der Waals surface area (Å²) in [4.78, 5) is 38.8. The van der Waals surface area contributed by atoms with Gasteiger partial charge in [0.1, 0.15) is 0 Å². The number of anilines is 1. The fourth-order valence-electron chi connectivity index (χ4n) is 2.94. The van der Waals surface area contributed by atoms with E-state index in [1.165, 1.54) is 30.0 Å². The molecule has 0 bridgehead atoms. The molecule has 1 heterocycles. The largest absolute Gasteiger partial charge is 0.298 e. The lowest BCUT2D eigenvalue weighted by atomic mass is 10.2. The van der Waals surface area contributed by atoms with Gasteiger partial charge in [0.25, 0.3) is 16.8 Å². The first kappa shape index (κ1) is 22.4. The summed E-state index contributed by atoms with van der Waals surface area (Å²) < 4.78 is 0. The number of carbonyl (C=O) groups excluding carboxylic acids is 2. The number of nitro benzene ring substituents is 1. The van der Waals surface area contributed by atoms with Gasteiger partial charge in [0.2, 0.25) is 0 Å². The fraction of sp³-hybridized carbons (Fsp3) is 0. The van der Waals surface area contributed by atoms with Crippen molar-refractivity contribution in [3.63, 3.8) is 0 Å². The van der Waals surface area contributed by atoms with Crippen molar-refractivity contribution < 1.29 is 14.5 Å². The molecule has 1 fully saturated rings. The van der Waals surface area contributed by atoms with Crippen molar-refractivity contribution in [1.82, 2.24) is 0 Å². The number of halogens is 2. The minimum absolute atomic E-state index is 0.104. The Labute approximate surface area is 201 Å². The van der Waals surface area contributed by atoms with E-state index in [0.29, 0.717) is 26.2 Å². The predicted molar refractivity (Wildman–Crippen MR) is 129 cm³/mol. The van der Waals surface area contributed by atoms with E-state index < -0.39 is 16.1 Å². The second kappa shape index (κ2) is 9.38. The van der Waals surface area contributed by atoms with Gasteiger partial charge in [0.15, 0.2) is 0 Å². The van der Waals surface area contributed by atoms with E-state index in [-0.39, 0.29) is 10.6 Å². The number of amides is 2. The van der Waals surface area contributed by atoms with Crippen LogP contribution in [0, 0.1) is 10.1 Å². The molecule has 0 atom stereocenters. The SMILES string of the molecule is O=C1S/C(=C/c2ccc(Sc3ccc(Cl)cc3)c([N+](=O)[O-])c2)C(=O)N1c1cccc(Cl)c1. The maximum atomic E-state index is 12.8. The third-order valence-electron chi connectivity index (χ3n) is 4.38. The average molecular weight is 503 g/mol. The standard InChI is InChI=1S/C22H12Cl2N2O4S2/c23-14-5-7-17(8-6-14)31-19-9-4-13(10-18(19)26(29)30)11-20-21(27)25(22(28)32-20)16-3-1-2-15(24)12-16/h1-12H/b20-11+. The molecular formula is C22H12Cl2N2O4S2. The van der Waals surface area contributed by atoms with Gasteiger partial charge in [-0.2, -0.15) is 0 Å². The van der Waals surface area contributed by atoms with E-state index in [1.807, 2.05) is 0 Å². The number of hydrogen-bond donors (Lipinski definition) is 0. The molecule has 1 aliphatic heterocycles. The maximum absolute atomic E-state index is 12.8. The van der Waals surface area contributed by atoms with Crippen LogP contribution in [0.25, 0.3) is 6.08 Å². The van der Waals surface area contributed by atoms with Crippen molar-refractivity contribution in [2.45, 2.75) is 9.79 Å². The molecule has 1 saturated heterocycles. The van der Waals surface area contributed by atoms with Gasteiger partial charge in [0, 0.05) is 21.0 Å². The number of nitrogens with zero attached hydrogens (tertiary/aromatic N) is 2. The molecule has 10 heteroatoms. The van der Waals surface area contributed by atoms with Crippen LogP contribution < -0.4 is 4.90 Å². The highest BCUT2D eigenvalue weighted by molar-refractivity contribution is 8.19. The molecule has 4 rings (SSSR count). The zero-order valence-electron chi connectivity index (χ0n) is 16.0. The van der Waals surface area contributed by atoms with Crippen molar-refractivity contribution in [1.29, 1.82) is 0 Å². The molecular weight excluding hydrogens is 491 g/mol. The lowest BCUT2D eigenvalue weighted by Gasteiger charge is -2.12. The highest BCUT2D eigenvalue weighted by Gasteiger charge is 2.36. The number of rotatable bonds is 5. The molecule has 0 radical (unpaired) electrons. The average Bonchev–Trinajstić information content (AvgIpc) is 3.03. The lowest BCUT2D eigenvalue weighted by molar-refractivity contribution is -0.387. The van der Waals surface area contributed by atoms with E-state index in [2.05, 4.69) is 0 Å². The summed E-state index contributed by atoms with van der Waals surface area (Å²) in [6, 6.07) is 18.0. The summed E-state index contributed by atoms with van der Waals surface area (Å²) in [6.07, 6.45) is 1.47. The van der Waals surface area contributed by atoms with Gasteiger partial charge in [-0.15, -0.1) is 0 Å². The van der Waals surface area contributed by atoms with Gasteiger partial charge >= 0.3 is 0 Å². The predicted octanol–water partition coefficient (Wildman–Crippen LogP) is 7.29. The number of carbonyl (C=O) groups is 2. The first-order valence-corrected chi connectivity index (χ1v) is 11.5. The maximum Gasteiger partial charge on any atom is 0.298 e. The second-order valence-electron chi connectivity index (χ2n) is 6.54. The van der Waals surface area contributed by atoms with Crippen molar-refractivity contribution in [2.75, 3.05) is 4.90 Å². The van der Waals surface area contributed by atoms with E-state index in [1.54, 1.807) is 54.6 Å². The van der Waals surface area contributed by atoms with Crippen LogP contribution in [0.15, 0.2) is 81.4 Å². The Morgan fingerprint density at radius 3 is 2.41 bits per heavy atom. The lowest BCUT2D eigenvalue weighted by Crippen LogP contribution is -2.27. The first-order valence-electron chi connectivity index (χ1n) is 9.07. The molecule has 2 amide bonds. The quantitative estimate of drug-likeness (QED) is 0.207. The van der Waals surface area contributed by atoms with Crippen LogP contribution in [0.5, 0.6) is 0 Å². The molecule has 6 nitrogen and oxygen atoms in total. The highest BCUT2D eigenvalue weighted by Crippen LogP contribution is 2.39. The van der Waals surface area contributed by atoms with Crippen LogP contribution in [-0.2, 0) is 4.79 Å². The minimum atomic E-state index is -0.510. The summed E-state index contributed by atoms with van der Waals surface area (Å²) in [6.45, 7) is 0. The molecule has 32 heavy (non-hydrogen) atoms. The van der Waals surface area contributed by atoms with Gasteiger partial charge in [-0.25, -0.2) is 4.90 Å². The summed E-state index contributed by atoms with van der Waals surface area (Å²) in [5, 5.41) is 12.2. The zero-order chi connectivity index (χ0) is 22.8. The van der Waals surface area contributed by atoms with Crippen molar-refractivity contribution in [3.8, 4) is 0 Å². The number of nitro groups is 1. The summed E-state index contributed by atoms with van der Waals surface area (Å²) in [7, 11) is 0. The van der Waals surface area contributed by atoms with Gasteiger partial charge in [-0.1, -0.05) is 47.1 Å². The fourth-order valence-corrected chi connectivity index (χ4v) is 4.99. The van der Waals surface area contributed by atoms with E-state index in [9.17, 15) is 19.7 Å². The van der Waals surface area contributed by atoms with Gasteiger partial charge < -0.3 is 0 Å². The third-order valence-corrected chi connectivity index (χ3v) is 6.81. The molecule has 0 spiro atoms. The summed E-state index contributed by atoms with van der Waals surface area (Å²) >= 11 is 13.9.